The number of allylic oxidation sites excluding steroid dienone is 18. The summed E-state index contributed by atoms with van der Waals surface area (Å²) in [5.41, 5.74) is 22.4. The second kappa shape index (κ2) is 45.7. The maximum absolute atomic E-state index is 12.2. The Morgan fingerprint density at radius 1 is 0.260 bits per heavy atom. The molecule has 0 saturated heterocycles. The molecule has 0 unspecified atom stereocenters. The largest absolute Gasteiger partial charge is 0.416 e. The van der Waals surface area contributed by atoms with E-state index in [1.54, 1.807) is 13.0 Å². The van der Waals surface area contributed by atoms with Gasteiger partial charge in [-0.25, -0.2) is 64.3 Å². The van der Waals surface area contributed by atoms with E-state index >= 15 is 0 Å². The van der Waals surface area contributed by atoms with Crippen molar-refractivity contribution in [3.05, 3.63) is 524 Å². The number of fused-ring (bicyclic) bond motifs is 20. The number of nitrogens with zero attached hydrogens (tertiary/aromatic N) is 12. The second-order valence-electron chi connectivity index (χ2n) is 32.4. The summed E-state index contributed by atoms with van der Waals surface area (Å²) < 4.78 is 47.9. The van der Waals surface area contributed by atoms with Crippen LogP contribution < -0.4 is 0 Å². The van der Waals surface area contributed by atoms with Gasteiger partial charge in [-0.05, 0) is 191 Å². The number of rotatable bonds is 6. The first-order valence-electron chi connectivity index (χ1n) is 43.8. The van der Waals surface area contributed by atoms with Crippen LogP contribution in [-0.4, -0.2) is 69.5 Å². The van der Waals surface area contributed by atoms with Gasteiger partial charge in [0, 0.05) is 44.5 Å². The summed E-state index contributed by atoms with van der Waals surface area (Å²) in [5.74, 6) is 5.72. The zero-order valence-electron chi connectivity index (χ0n) is 74.3. The summed E-state index contributed by atoms with van der Waals surface area (Å²) in [4.78, 5) is 57.7. The lowest BCUT2D eigenvalue weighted by molar-refractivity contribution is -0.137. The van der Waals surface area contributed by atoms with E-state index in [1.165, 1.54) is 64.9 Å². The molecule has 11 aromatic rings. The Hall–Kier alpha value is -15.7. The SMILES string of the molecule is C1=CC2=NC1=CC1=NC(=CC3=NC(=CC4=NC(=C2)C=C4)C=C3)C=C1.C1=CC=CCCC=C1.CC(C)C.Cc1ccc(C(F)(F)F)cc1.Cc1cccc(F)c1.Cc1ccccc1.Cc1ccccc1.c1ccc(CC(Cc2ccccc2)Cc2ccccc2)cc1.c1ccc2c(c1)C1=NC2=NC2=NC(=NC3=NC(=NC4=NC(=N1)c1ccccc14)c1ccccc13)c1ccccc12. The van der Waals surface area contributed by atoms with Gasteiger partial charge >= 0.3 is 6.18 Å². The van der Waals surface area contributed by atoms with Gasteiger partial charge in [0.05, 0.1) is 51.2 Å². The Kier molecular flexibility index (Phi) is 31.9. The summed E-state index contributed by atoms with van der Waals surface area (Å²) in [6.07, 6.45) is 38.0. The molecular formula is C115H100F4N12. The lowest BCUT2D eigenvalue weighted by Gasteiger charge is -2.17. The predicted molar refractivity (Wildman–Crippen MR) is 537 cm³/mol. The quantitative estimate of drug-likeness (QED) is 0.146. The van der Waals surface area contributed by atoms with Crippen molar-refractivity contribution >= 4 is 69.5 Å². The molecule has 0 N–H and O–H groups in total. The van der Waals surface area contributed by atoms with Gasteiger partial charge in [-0.3, -0.25) is 0 Å². The van der Waals surface area contributed by atoms with Crippen LogP contribution >= 0.6 is 0 Å². The van der Waals surface area contributed by atoms with E-state index < -0.39 is 11.7 Å². The van der Waals surface area contributed by atoms with Crippen molar-refractivity contribution in [2.75, 3.05) is 0 Å². The molecule has 11 aromatic carbocycles. The van der Waals surface area contributed by atoms with Gasteiger partial charge < -0.3 is 0 Å². The van der Waals surface area contributed by atoms with Crippen LogP contribution in [0.15, 0.2) is 489 Å². The predicted octanol–water partition coefficient (Wildman–Crippen LogP) is 27.0. The summed E-state index contributed by atoms with van der Waals surface area (Å²) in [6.45, 7) is 14.3. The molecule has 0 aromatic heterocycles. The van der Waals surface area contributed by atoms with Gasteiger partial charge in [-0.2, -0.15) is 13.2 Å². The molecule has 16 bridgehead atoms. The van der Waals surface area contributed by atoms with E-state index in [2.05, 4.69) is 206 Å². The Labute approximate surface area is 765 Å². The maximum Gasteiger partial charge on any atom is 0.416 e. The van der Waals surface area contributed by atoms with Gasteiger partial charge in [0.2, 0.25) is 0 Å². The maximum atomic E-state index is 12.2. The summed E-state index contributed by atoms with van der Waals surface area (Å²) in [5, 5.41) is 0. The minimum Gasteiger partial charge on any atom is -0.249 e. The standard InChI is InChI=1S/C32H16N8.C22H22.C20H12N4.C8H7F3.C8H10.C7H7F.2C7H8.C4H10/c1-2-10-18-17(9-1)25-33-26(18)38-28-21-13-5-6-14-22(21)30(35-28)40-32-24-16-8-7-15-23(24)31(36-32)39-29-20-12-4-3-11-19(20)27(34-29)37-25;1-4-10-19(11-5-1)16-22(17-20-12-6-2-7-13-20)18-21-14-8-3-9-15-21;1-2-14-10-16-5-6-18(23-16)12-20-8-7-19(24-20)11-17-4-3-15(22-17)9-13(1)21-14;1-6-2-4-7(5-3-6)8(9,10)11;1-2-4-6-8-7-5-3-1;1-6-3-2-4-7(8)5-6;2*1-7-5-3-2-4-6-7;1-4(2)3/h1-16H;1-15,22H,16-18H2;1-12H;2-5H,1H3;1-6H,7-8H2;2-5H,1H3;2*2-6H,1H3;4H,1-3H3. The van der Waals surface area contributed by atoms with Crippen molar-refractivity contribution in [3.63, 3.8) is 0 Å². The highest BCUT2D eigenvalue weighted by atomic mass is 19.4. The Balaban J connectivity index is 0.000000131. The van der Waals surface area contributed by atoms with Crippen LogP contribution in [-0.2, 0) is 25.4 Å². The number of amidine groups is 8. The van der Waals surface area contributed by atoms with E-state index in [4.69, 9.17) is 39.9 Å². The molecule has 12 nitrogen and oxygen atoms in total. The number of halogens is 4. The molecule has 11 aliphatic rings. The molecule has 0 fully saturated rings. The number of hydrogen-bond donors (Lipinski definition) is 0. The topological polar surface area (TPSA) is 148 Å². The van der Waals surface area contributed by atoms with Crippen LogP contribution in [0, 0.1) is 45.3 Å². The molecular weight excluding hydrogens is 1630 g/mol. The highest BCUT2D eigenvalue weighted by Gasteiger charge is 2.32. The van der Waals surface area contributed by atoms with E-state index in [9.17, 15) is 17.6 Å². The van der Waals surface area contributed by atoms with Crippen LogP contribution in [0.3, 0.4) is 0 Å². The van der Waals surface area contributed by atoms with Gasteiger partial charge in [0.15, 0.2) is 46.7 Å². The van der Waals surface area contributed by atoms with Crippen molar-refractivity contribution in [3.8, 4) is 0 Å². The minimum absolute atomic E-state index is 0.162. The fraction of sp³-hybridized carbons (Fsp3) is 0.130. The Morgan fingerprint density at radius 3 is 0.718 bits per heavy atom. The molecule has 1 aliphatic carbocycles. The van der Waals surface area contributed by atoms with E-state index in [1.807, 2.05) is 219 Å². The molecule has 16 heteroatoms. The number of aryl methyl sites for hydroxylation is 4. The molecule has 22 rings (SSSR count). The Morgan fingerprint density at radius 2 is 0.496 bits per heavy atom. The van der Waals surface area contributed by atoms with Crippen molar-refractivity contribution in [1.82, 2.24) is 0 Å². The monoisotopic (exact) mass is 1720 g/mol. The highest BCUT2D eigenvalue weighted by Crippen LogP contribution is 2.33. The minimum atomic E-state index is -4.21. The van der Waals surface area contributed by atoms with Crippen LogP contribution in [0.2, 0.25) is 0 Å². The molecule has 10 aliphatic heterocycles. The summed E-state index contributed by atoms with van der Waals surface area (Å²) >= 11 is 0. The average Bonchev–Trinajstić information content (AvgIpc) is 1.60. The number of benzene rings is 11. The van der Waals surface area contributed by atoms with E-state index in [0.717, 1.165) is 139 Å². The number of aliphatic imine (C=N–C) groups is 12. The zero-order valence-corrected chi connectivity index (χ0v) is 74.3. The number of alkyl halides is 3. The summed E-state index contributed by atoms with van der Waals surface area (Å²) in [7, 11) is 0. The molecule has 0 atom stereocenters. The number of hydrogen-bond acceptors (Lipinski definition) is 12. The normalized spacial score (nSPS) is 15.1. The lowest BCUT2D eigenvalue weighted by Crippen LogP contribution is -2.12. The van der Waals surface area contributed by atoms with Crippen LogP contribution in [0.5, 0.6) is 0 Å². The first kappa shape index (κ1) is 91.5. The second-order valence-corrected chi connectivity index (χ2v) is 32.4. The Bertz CT molecular complexity index is 6020. The van der Waals surface area contributed by atoms with Crippen molar-refractivity contribution in [2.24, 2.45) is 71.7 Å². The van der Waals surface area contributed by atoms with Gasteiger partial charge in [0.25, 0.3) is 0 Å². The molecule has 0 radical (unpaired) electrons. The molecule has 10 heterocycles. The first-order chi connectivity index (χ1) is 63.8. The van der Waals surface area contributed by atoms with Gasteiger partial charge in [-0.15, -0.1) is 0 Å². The van der Waals surface area contributed by atoms with E-state index in [-0.39, 0.29) is 5.82 Å². The molecule has 0 amide bonds. The first-order valence-corrected chi connectivity index (χ1v) is 43.8. The summed E-state index contributed by atoms with van der Waals surface area (Å²) in [6, 6.07) is 96.4. The molecule has 131 heavy (non-hydrogen) atoms. The molecule has 0 spiro atoms. The third-order valence-corrected chi connectivity index (χ3v) is 20.7. The van der Waals surface area contributed by atoms with Crippen LogP contribution in [0.1, 0.15) is 123 Å². The van der Waals surface area contributed by atoms with Crippen molar-refractivity contribution in [1.29, 1.82) is 0 Å². The van der Waals surface area contributed by atoms with E-state index in [0.29, 0.717) is 52.6 Å². The van der Waals surface area contributed by atoms with Crippen molar-refractivity contribution in [2.45, 2.75) is 86.7 Å². The van der Waals surface area contributed by atoms with Crippen molar-refractivity contribution < 1.29 is 17.6 Å². The zero-order chi connectivity index (χ0) is 91.1. The lowest BCUT2D eigenvalue weighted by atomic mass is 9.87. The third kappa shape index (κ3) is 27.2. The van der Waals surface area contributed by atoms with Crippen LogP contribution in [0.4, 0.5) is 17.6 Å². The smallest absolute Gasteiger partial charge is 0.249 e. The fourth-order valence-corrected chi connectivity index (χ4v) is 14.4. The van der Waals surface area contributed by atoms with Crippen LogP contribution in [0.25, 0.3) is 0 Å². The van der Waals surface area contributed by atoms with Gasteiger partial charge in [-0.1, -0.05) is 347 Å². The third-order valence-electron chi connectivity index (χ3n) is 20.7. The molecule has 648 valence electrons. The fourth-order valence-electron chi connectivity index (χ4n) is 14.4. The highest BCUT2D eigenvalue weighted by molar-refractivity contribution is 6.35. The molecule has 0 saturated carbocycles. The van der Waals surface area contributed by atoms with Gasteiger partial charge in [0.1, 0.15) is 5.82 Å². The average molecular weight is 1730 g/mol.